The Hall–Kier alpha value is -3.33. The van der Waals surface area contributed by atoms with Crippen molar-refractivity contribution in [3.8, 4) is 0 Å². The fourth-order valence-electron chi connectivity index (χ4n) is 2.89. The molecule has 0 saturated heterocycles. The lowest BCUT2D eigenvalue weighted by Crippen LogP contribution is -2.15. The molecular formula is C19H17FN6OS. The van der Waals surface area contributed by atoms with E-state index in [1.165, 1.54) is 0 Å². The fourth-order valence-corrected chi connectivity index (χ4v) is 3.46. The van der Waals surface area contributed by atoms with Crippen molar-refractivity contribution in [2.24, 2.45) is 0 Å². The first-order valence-electron chi connectivity index (χ1n) is 8.42. The van der Waals surface area contributed by atoms with E-state index >= 15 is 0 Å². The van der Waals surface area contributed by atoms with Crippen LogP contribution in [0.3, 0.4) is 0 Å². The molecule has 0 aliphatic carbocycles. The topological polar surface area (TPSA) is 86.8 Å². The van der Waals surface area contributed by atoms with E-state index < -0.39 is 16.6 Å². The minimum Gasteiger partial charge on any atom is -0.326 e. The highest BCUT2D eigenvalue weighted by Gasteiger charge is 2.16. The maximum absolute atomic E-state index is 14.5. The average molecular weight is 396 g/mol. The van der Waals surface area contributed by atoms with Crippen LogP contribution in [0.2, 0.25) is 0 Å². The summed E-state index contributed by atoms with van der Waals surface area (Å²) < 4.78 is 26.2. The number of fused-ring (bicyclic) bond motifs is 1. The van der Waals surface area contributed by atoms with Crippen LogP contribution >= 0.6 is 0 Å². The van der Waals surface area contributed by atoms with Gasteiger partial charge in [0.15, 0.2) is 11.6 Å². The number of aromatic nitrogens is 4. The summed E-state index contributed by atoms with van der Waals surface area (Å²) in [5, 5.41) is 10.8. The number of rotatable bonds is 5. The van der Waals surface area contributed by atoms with Gasteiger partial charge in [-0.3, -0.25) is 9.31 Å². The van der Waals surface area contributed by atoms with Gasteiger partial charge in [-0.15, -0.1) is 0 Å². The number of aromatic amines is 1. The van der Waals surface area contributed by atoms with E-state index in [4.69, 9.17) is 0 Å². The minimum atomic E-state index is -1.10. The molecule has 28 heavy (non-hydrogen) atoms. The van der Waals surface area contributed by atoms with Gasteiger partial charge in [-0.1, -0.05) is 12.1 Å². The molecule has 1 unspecified atom stereocenters. The van der Waals surface area contributed by atoms with Crippen molar-refractivity contribution in [1.29, 1.82) is 0 Å². The number of H-pyrrole nitrogens is 1. The Labute approximate surface area is 163 Å². The predicted molar refractivity (Wildman–Crippen MR) is 108 cm³/mol. The Kier molecular flexibility index (Phi) is 4.74. The lowest BCUT2D eigenvalue weighted by atomic mass is 10.2. The summed E-state index contributed by atoms with van der Waals surface area (Å²) in [6, 6.07) is 12.7. The third-order valence-electron chi connectivity index (χ3n) is 4.29. The molecule has 2 aromatic heterocycles. The second kappa shape index (κ2) is 7.35. The smallest absolute Gasteiger partial charge is 0.229 e. The normalized spacial score (nSPS) is 12.1. The van der Waals surface area contributed by atoms with Crippen molar-refractivity contribution in [1.82, 2.24) is 20.2 Å². The summed E-state index contributed by atoms with van der Waals surface area (Å²) >= 11 is 0. The van der Waals surface area contributed by atoms with Crippen molar-refractivity contribution in [2.75, 3.05) is 23.5 Å². The quantitative estimate of drug-likeness (QED) is 0.534. The third-order valence-corrected chi connectivity index (χ3v) is 5.21. The van der Waals surface area contributed by atoms with Gasteiger partial charge in [-0.25, -0.2) is 9.37 Å². The molecule has 0 saturated carbocycles. The van der Waals surface area contributed by atoms with Crippen LogP contribution in [0.15, 0.2) is 59.8 Å². The second-order valence-electron chi connectivity index (χ2n) is 6.14. The van der Waals surface area contributed by atoms with Crippen LogP contribution in [-0.4, -0.2) is 37.7 Å². The number of halogens is 1. The molecule has 2 N–H and O–H groups in total. The van der Waals surface area contributed by atoms with Crippen molar-refractivity contribution >= 4 is 44.8 Å². The summed E-state index contributed by atoms with van der Waals surface area (Å²) in [6.45, 7) is 0. The molecule has 0 aliphatic rings. The monoisotopic (exact) mass is 396 g/mol. The predicted octanol–water partition coefficient (Wildman–Crippen LogP) is 3.74. The van der Waals surface area contributed by atoms with Crippen LogP contribution in [-0.2, 0) is 10.8 Å². The van der Waals surface area contributed by atoms with E-state index in [9.17, 15) is 8.60 Å². The third kappa shape index (κ3) is 3.44. The highest BCUT2D eigenvalue weighted by Crippen LogP contribution is 2.31. The number of benzene rings is 2. The molecule has 2 aromatic carbocycles. The lowest BCUT2D eigenvalue weighted by Gasteiger charge is -2.20. The molecule has 4 rings (SSSR count). The first-order valence-corrected chi connectivity index (χ1v) is 9.97. The van der Waals surface area contributed by atoms with Gasteiger partial charge in [0.2, 0.25) is 5.95 Å². The highest BCUT2D eigenvalue weighted by molar-refractivity contribution is 7.84. The van der Waals surface area contributed by atoms with Crippen LogP contribution in [0, 0.1) is 5.82 Å². The molecule has 0 spiro atoms. The molecule has 142 valence electrons. The standard InChI is InChI=1S/C19H17FN6OS/c1-26(17-8-4-7-16-14(17)10-22-25-16)18-15(20)11-21-19(24-18)23-12-5-3-6-13(9-12)28(2)27/h3-11H,1-2H3,(H,22,25)(H,21,23,24). The molecular weight excluding hydrogens is 379 g/mol. The molecule has 0 amide bonds. The molecule has 0 aliphatic heterocycles. The Balaban J connectivity index is 1.68. The van der Waals surface area contributed by atoms with Crippen LogP contribution in [0.25, 0.3) is 10.9 Å². The minimum absolute atomic E-state index is 0.126. The Morgan fingerprint density at radius 3 is 2.82 bits per heavy atom. The number of nitrogens with zero attached hydrogens (tertiary/aromatic N) is 4. The molecule has 2 heterocycles. The summed E-state index contributed by atoms with van der Waals surface area (Å²) in [6.07, 6.45) is 4.42. The van der Waals surface area contributed by atoms with Gasteiger partial charge in [0.25, 0.3) is 0 Å². The molecule has 0 fully saturated rings. The van der Waals surface area contributed by atoms with Gasteiger partial charge in [0, 0.05) is 40.1 Å². The number of nitrogens with one attached hydrogen (secondary N) is 2. The maximum atomic E-state index is 14.5. The molecule has 7 nitrogen and oxygen atoms in total. The van der Waals surface area contributed by atoms with Crippen LogP contribution in [0.5, 0.6) is 0 Å². The lowest BCUT2D eigenvalue weighted by molar-refractivity contribution is 0.614. The van der Waals surface area contributed by atoms with E-state index in [0.29, 0.717) is 10.6 Å². The van der Waals surface area contributed by atoms with Gasteiger partial charge < -0.3 is 10.2 Å². The number of hydrogen-bond acceptors (Lipinski definition) is 6. The SMILES string of the molecule is CN(c1nc(Nc2cccc(S(C)=O)c2)ncc1F)c1cccc2[nH]ncc12. The van der Waals surface area contributed by atoms with Crippen molar-refractivity contribution in [2.45, 2.75) is 4.90 Å². The molecule has 0 bridgehead atoms. The van der Waals surface area contributed by atoms with Crippen molar-refractivity contribution in [3.63, 3.8) is 0 Å². The Morgan fingerprint density at radius 1 is 1.18 bits per heavy atom. The largest absolute Gasteiger partial charge is 0.326 e. The first kappa shape index (κ1) is 18.1. The Morgan fingerprint density at radius 2 is 2.00 bits per heavy atom. The molecule has 1 atom stereocenters. The van der Waals surface area contributed by atoms with E-state index in [1.54, 1.807) is 48.7 Å². The average Bonchev–Trinajstić information content (AvgIpc) is 3.18. The highest BCUT2D eigenvalue weighted by atomic mass is 32.2. The van der Waals surface area contributed by atoms with Gasteiger partial charge in [-0.05, 0) is 30.3 Å². The van der Waals surface area contributed by atoms with E-state index in [-0.39, 0.29) is 11.8 Å². The molecule has 4 aromatic rings. The van der Waals surface area contributed by atoms with Crippen LogP contribution < -0.4 is 10.2 Å². The van der Waals surface area contributed by atoms with E-state index in [2.05, 4.69) is 25.5 Å². The summed E-state index contributed by atoms with van der Waals surface area (Å²) in [5.41, 5.74) is 2.28. The van der Waals surface area contributed by atoms with Gasteiger partial charge in [0.05, 0.1) is 23.6 Å². The zero-order valence-electron chi connectivity index (χ0n) is 15.2. The summed E-state index contributed by atoms with van der Waals surface area (Å²) in [4.78, 5) is 10.7. The van der Waals surface area contributed by atoms with Crippen LogP contribution in [0.1, 0.15) is 0 Å². The van der Waals surface area contributed by atoms with Gasteiger partial charge in [-0.2, -0.15) is 10.1 Å². The number of anilines is 4. The second-order valence-corrected chi connectivity index (χ2v) is 7.52. The van der Waals surface area contributed by atoms with E-state index in [1.807, 2.05) is 18.2 Å². The maximum Gasteiger partial charge on any atom is 0.229 e. The van der Waals surface area contributed by atoms with Crippen LogP contribution in [0.4, 0.5) is 27.5 Å². The Bertz CT molecular complexity index is 1180. The molecule has 9 heteroatoms. The van der Waals surface area contributed by atoms with E-state index in [0.717, 1.165) is 22.8 Å². The number of hydrogen-bond donors (Lipinski definition) is 2. The van der Waals surface area contributed by atoms with Crippen molar-refractivity contribution < 1.29 is 8.60 Å². The van der Waals surface area contributed by atoms with Crippen molar-refractivity contribution in [3.05, 3.63) is 60.7 Å². The fraction of sp³-hybridized carbons (Fsp3) is 0.105. The van der Waals surface area contributed by atoms with Gasteiger partial charge >= 0.3 is 0 Å². The zero-order chi connectivity index (χ0) is 19.7. The van der Waals surface area contributed by atoms with Gasteiger partial charge in [0.1, 0.15) is 0 Å². The summed E-state index contributed by atoms with van der Waals surface area (Å²) in [5.74, 6) is -0.181. The molecule has 0 radical (unpaired) electrons. The zero-order valence-corrected chi connectivity index (χ0v) is 16.0. The first-order chi connectivity index (χ1) is 13.5. The summed E-state index contributed by atoms with van der Waals surface area (Å²) in [7, 11) is 0.629.